The van der Waals surface area contributed by atoms with Crippen molar-refractivity contribution in [2.75, 3.05) is 19.4 Å². The fourth-order valence-corrected chi connectivity index (χ4v) is 3.88. The van der Waals surface area contributed by atoms with Crippen molar-refractivity contribution in [1.82, 2.24) is 5.32 Å². The van der Waals surface area contributed by atoms with E-state index in [1.807, 2.05) is 6.07 Å². The highest BCUT2D eigenvalue weighted by Crippen LogP contribution is 2.36. The Balaban J connectivity index is 2.14. The van der Waals surface area contributed by atoms with Crippen molar-refractivity contribution in [2.24, 2.45) is 0 Å². The van der Waals surface area contributed by atoms with Crippen LogP contribution in [-0.2, 0) is 0 Å². The Hall–Kier alpha value is -0.670. The molecule has 100 valence electrons. The van der Waals surface area contributed by atoms with Gasteiger partial charge in [-0.3, -0.25) is 0 Å². The summed E-state index contributed by atoms with van der Waals surface area (Å²) in [6.45, 7) is 3.30. The second-order valence-electron chi connectivity index (χ2n) is 4.76. The summed E-state index contributed by atoms with van der Waals surface area (Å²) in [5.41, 5.74) is 1.36. The largest absolute Gasteiger partial charge is 0.497 e. The van der Waals surface area contributed by atoms with Gasteiger partial charge < -0.3 is 10.1 Å². The summed E-state index contributed by atoms with van der Waals surface area (Å²) >= 11 is 2.11. The second kappa shape index (κ2) is 7.05. The van der Waals surface area contributed by atoms with E-state index in [1.165, 1.54) is 30.6 Å². The summed E-state index contributed by atoms with van der Waals surface area (Å²) in [5, 5.41) is 4.41. The van der Waals surface area contributed by atoms with Gasteiger partial charge in [0.15, 0.2) is 0 Å². The smallest absolute Gasteiger partial charge is 0.119 e. The van der Waals surface area contributed by atoms with E-state index in [1.54, 1.807) is 7.11 Å². The van der Waals surface area contributed by atoms with Gasteiger partial charge in [0.1, 0.15) is 5.75 Å². The monoisotopic (exact) mass is 265 g/mol. The predicted octanol–water partition coefficient (Wildman–Crippen LogP) is 3.63. The Morgan fingerprint density at radius 1 is 1.50 bits per heavy atom. The summed E-state index contributed by atoms with van der Waals surface area (Å²) in [5.74, 6) is 2.26. The van der Waals surface area contributed by atoms with Crippen LogP contribution in [0.15, 0.2) is 24.3 Å². The summed E-state index contributed by atoms with van der Waals surface area (Å²) in [6, 6.07) is 8.96. The second-order valence-corrected chi connectivity index (χ2v) is 6.11. The van der Waals surface area contributed by atoms with Crippen LogP contribution in [0.5, 0.6) is 5.75 Å². The van der Waals surface area contributed by atoms with Crippen molar-refractivity contribution in [3.05, 3.63) is 29.8 Å². The van der Waals surface area contributed by atoms with Crippen molar-refractivity contribution in [1.29, 1.82) is 0 Å². The highest BCUT2D eigenvalue weighted by Gasteiger charge is 2.26. The standard InChI is InChI=1S/C15H23NOS/c1-3-9-16-15(14-8-5-10-18-14)12-6-4-7-13(11-12)17-2/h4,6-7,11,14-16H,3,5,8-10H2,1-2H3. The van der Waals surface area contributed by atoms with Crippen LogP contribution in [0.25, 0.3) is 0 Å². The molecule has 0 aromatic heterocycles. The topological polar surface area (TPSA) is 21.3 Å². The first-order valence-electron chi connectivity index (χ1n) is 6.84. The van der Waals surface area contributed by atoms with Gasteiger partial charge in [-0.25, -0.2) is 0 Å². The first-order valence-corrected chi connectivity index (χ1v) is 7.89. The van der Waals surface area contributed by atoms with Gasteiger partial charge in [-0.2, -0.15) is 11.8 Å². The van der Waals surface area contributed by atoms with Crippen LogP contribution in [0, 0.1) is 0 Å². The molecule has 3 heteroatoms. The van der Waals surface area contributed by atoms with Crippen molar-refractivity contribution in [3.63, 3.8) is 0 Å². The molecule has 1 saturated heterocycles. The molecular weight excluding hydrogens is 242 g/mol. The first kappa shape index (κ1) is 13.8. The summed E-state index contributed by atoms with van der Waals surface area (Å²) in [6.07, 6.45) is 3.85. The van der Waals surface area contributed by atoms with Crippen LogP contribution in [0.1, 0.15) is 37.8 Å². The van der Waals surface area contributed by atoms with Crippen molar-refractivity contribution >= 4 is 11.8 Å². The Morgan fingerprint density at radius 3 is 3.06 bits per heavy atom. The number of ether oxygens (including phenoxy) is 1. The third kappa shape index (κ3) is 3.42. The molecule has 0 spiro atoms. The molecule has 0 bridgehead atoms. The Morgan fingerprint density at radius 2 is 2.39 bits per heavy atom. The number of hydrogen-bond donors (Lipinski definition) is 1. The van der Waals surface area contributed by atoms with Gasteiger partial charge in [0.05, 0.1) is 7.11 Å². The molecule has 0 aliphatic carbocycles. The maximum absolute atomic E-state index is 5.34. The lowest BCUT2D eigenvalue weighted by Crippen LogP contribution is -2.29. The molecule has 2 atom stereocenters. The summed E-state index contributed by atoms with van der Waals surface area (Å²) in [7, 11) is 1.73. The minimum absolute atomic E-state index is 0.465. The fraction of sp³-hybridized carbons (Fsp3) is 0.600. The Bertz CT molecular complexity index is 363. The zero-order valence-electron chi connectivity index (χ0n) is 11.3. The molecule has 1 heterocycles. The number of benzene rings is 1. The van der Waals surface area contributed by atoms with Crippen LogP contribution in [0.4, 0.5) is 0 Å². The van der Waals surface area contributed by atoms with E-state index < -0.39 is 0 Å². The van der Waals surface area contributed by atoms with Gasteiger partial charge in [0.2, 0.25) is 0 Å². The average molecular weight is 265 g/mol. The number of methoxy groups -OCH3 is 1. The molecule has 1 aliphatic rings. The van der Waals surface area contributed by atoms with E-state index in [-0.39, 0.29) is 0 Å². The van der Waals surface area contributed by atoms with Crippen LogP contribution < -0.4 is 10.1 Å². The van der Waals surface area contributed by atoms with E-state index in [2.05, 4.69) is 42.2 Å². The SMILES string of the molecule is CCCNC(c1cccc(OC)c1)C1CCCS1. The van der Waals surface area contributed by atoms with Gasteiger partial charge in [-0.05, 0) is 49.3 Å². The minimum atomic E-state index is 0.465. The van der Waals surface area contributed by atoms with E-state index in [9.17, 15) is 0 Å². The van der Waals surface area contributed by atoms with Gasteiger partial charge in [0.25, 0.3) is 0 Å². The lowest BCUT2D eigenvalue weighted by atomic mass is 10.0. The van der Waals surface area contributed by atoms with E-state index >= 15 is 0 Å². The molecule has 1 aromatic carbocycles. The van der Waals surface area contributed by atoms with Gasteiger partial charge in [-0.1, -0.05) is 19.1 Å². The number of thioether (sulfide) groups is 1. The third-order valence-corrected chi connectivity index (χ3v) is 4.86. The zero-order valence-corrected chi connectivity index (χ0v) is 12.1. The molecule has 1 aromatic rings. The van der Waals surface area contributed by atoms with E-state index in [0.717, 1.165) is 12.3 Å². The highest BCUT2D eigenvalue weighted by molar-refractivity contribution is 8.00. The van der Waals surface area contributed by atoms with Crippen LogP contribution in [0.3, 0.4) is 0 Å². The highest BCUT2D eigenvalue weighted by atomic mass is 32.2. The van der Waals surface area contributed by atoms with E-state index in [0.29, 0.717) is 11.3 Å². The Labute approximate surface area is 114 Å². The first-order chi connectivity index (χ1) is 8.85. The molecule has 1 aliphatic heterocycles. The maximum atomic E-state index is 5.34. The molecule has 0 amide bonds. The van der Waals surface area contributed by atoms with Gasteiger partial charge in [0, 0.05) is 11.3 Å². The third-order valence-electron chi connectivity index (χ3n) is 3.40. The normalized spacial score (nSPS) is 20.9. The molecule has 2 unspecified atom stereocenters. The number of rotatable bonds is 6. The quantitative estimate of drug-likeness (QED) is 0.848. The molecule has 0 radical (unpaired) electrons. The molecule has 1 N–H and O–H groups in total. The van der Waals surface area contributed by atoms with Crippen LogP contribution >= 0.6 is 11.8 Å². The zero-order chi connectivity index (χ0) is 12.8. The molecular formula is C15H23NOS. The Kier molecular flexibility index (Phi) is 5.39. The lowest BCUT2D eigenvalue weighted by molar-refractivity contribution is 0.412. The number of hydrogen-bond acceptors (Lipinski definition) is 3. The fourth-order valence-electron chi connectivity index (χ4n) is 2.46. The van der Waals surface area contributed by atoms with Crippen LogP contribution in [0.2, 0.25) is 0 Å². The number of nitrogens with one attached hydrogen (secondary N) is 1. The summed E-state index contributed by atoms with van der Waals surface area (Å²) in [4.78, 5) is 0. The minimum Gasteiger partial charge on any atom is -0.497 e. The van der Waals surface area contributed by atoms with Crippen molar-refractivity contribution in [2.45, 2.75) is 37.5 Å². The molecule has 18 heavy (non-hydrogen) atoms. The predicted molar refractivity (Wildman–Crippen MR) is 79.5 cm³/mol. The van der Waals surface area contributed by atoms with E-state index in [4.69, 9.17) is 4.74 Å². The molecule has 0 saturated carbocycles. The van der Waals surface area contributed by atoms with Gasteiger partial charge in [-0.15, -0.1) is 0 Å². The van der Waals surface area contributed by atoms with Crippen molar-refractivity contribution < 1.29 is 4.74 Å². The molecule has 1 fully saturated rings. The summed E-state index contributed by atoms with van der Waals surface area (Å²) < 4.78 is 5.34. The molecule has 2 nitrogen and oxygen atoms in total. The molecule has 2 rings (SSSR count). The van der Waals surface area contributed by atoms with Crippen LogP contribution in [-0.4, -0.2) is 24.7 Å². The maximum Gasteiger partial charge on any atom is 0.119 e. The lowest BCUT2D eigenvalue weighted by Gasteiger charge is -2.25. The van der Waals surface area contributed by atoms with Gasteiger partial charge >= 0.3 is 0 Å². The average Bonchev–Trinajstić information content (AvgIpc) is 2.93. The van der Waals surface area contributed by atoms with Crippen molar-refractivity contribution in [3.8, 4) is 5.75 Å².